The Bertz CT molecular complexity index is 1120. The summed E-state index contributed by atoms with van der Waals surface area (Å²) in [6.45, 7) is 4.30. The van der Waals surface area contributed by atoms with E-state index >= 15 is 0 Å². The molecule has 2 aromatic heterocycles. The minimum atomic E-state index is -0.370. The van der Waals surface area contributed by atoms with Crippen molar-refractivity contribution in [1.82, 2.24) is 19.8 Å². The fourth-order valence-electron chi connectivity index (χ4n) is 3.65. The van der Waals surface area contributed by atoms with Crippen molar-refractivity contribution >= 4 is 29.2 Å². The van der Waals surface area contributed by atoms with Crippen LogP contribution >= 0.6 is 11.6 Å². The minimum Gasteiger partial charge on any atom is -0.360 e. The molecule has 0 spiro atoms. The first-order chi connectivity index (χ1) is 14.8. The Hall–Kier alpha value is -3.20. The maximum Gasteiger partial charge on any atom is 0.258 e. The Morgan fingerprint density at radius 1 is 1.19 bits per heavy atom. The molecule has 162 valence electrons. The highest BCUT2D eigenvalue weighted by molar-refractivity contribution is 6.33. The lowest BCUT2D eigenvalue weighted by atomic mass is 9.95. The number of nitrogens with zero attached hydrogens (tertiary/aromatic N) is 4. The highest BCUT2D eigenvalue weighted by Crippen LogP contribution is 2.27. The lowest BCUT2D eigenvalue weighted by molar-refractivity contribution is -0.121. The first-order valence-corrected chi connectivity index (χ1v) is 10.3. The van der Waals surface area contributed by atoms with Crippen LogP contribution in [0.1, 0.15) is 34.7 Å². The van der Waals surface area contributed by atoms with Gasteiger partial charge in [0.2, 0.25) is 5.91 Å². The molecule has 0 aliphatic carbocycles. The van der Waals surface area contributed by atoms with Crippen molar-refractivity contribution in [1.29, 1.82) is 0 Å². The Labute approximate surface area is 182 Å². The number of likely N-dealkylation sites (tertiary alicyclic amines) is 1. The molecule has 0 saturated carbocycles. The van der Waals surface area contributed by atoms with Gasteiger partial charge in [0, 0.05) is 25.1 Å². The summed E-state index contributed by atoms with van der Waals surface area (Å²) in [7, 11) is 0. The number of carbonyl (C=O) groups excluding carboxylic acids is 2. The predicted octanol–water partition coefficient (Wildman–Crippen LogP) is 3.76. The number of rotatable bonds is 4. The number of hydrogen-bond acceptors (Lipinski definition) is 5. The SMILES string of the molecule is Cc1cc(NC(=O)C2CCN(C(=O)c3c(C)nn(-c4ccc(F)cc4)c3Cl)CC2)no1. The van der Waals surface area contributed by atoms with Crippen LogP contribution in [-0.2, 0) is 4.79 Å². The molecule has 0 radical (unpaired) electrons. The van der Waals surface area contributed by atoms with Crippen LogP contribution in [0.5, 0.6) is 0 Å². The average Bonchev–Trinajstić information content (AvgIpc) is 3.30. The number of hydrogen-bond donors (Lipinski definition) is 1. The van der Waals surface area contributed by atoms with Crippen molar-refractivity contribution < 1.29 is 18.5 Å². The summed E-state index contributed by atoms with van der Waals surface area (Å²) in [5, 5.41) is 11.0. The molecule has 1 saturated heterocycles. The molecule has 2 amide bonds. The third kappa shape index (κ3) is 4.32. The van der Waals surface area contributed by atoms with Gasteiger partial charge < -0.3 is 14.7 Å². The standard InChI is InChI=1S/C21H21ClFN5O3/c1-12-11-17(26-31-12)24-20(29)14-7-9-27(10-8-14)21(30)18-13(2)25-28(19(18)22)16-5-3-15(23)4-6-16/h3-6,11,14H,7-10H2,1-2H3,(H,24,26,29). The molecule has 1 fully saturated rings. The molecule has 0 unspecified atom stereocenters. The zero-order chi connectivity index (χ0) is 22.1. The summed E-state index contributed by atoms with van der Waals surface area (Å²) in [5.74, 6) is 0.0339. The quantitative estimate of drug-likeness (QED) is 0.660. The zero-order valence-corrected chi connectivity index (χ0v) is 17.8. The van der Waals surface area contributed by atoms with Gasteiger partial charge in [0.1, 0.15) is 16.7 Å². The van der Waals surface area contributed by atoms with E-state index in [4.69, 9.17) is 16.1 Å². The Morgan fingerprint density at radius 3 is 2.48 bits per heavy atom. The van der Waals surface area contributed by atoms with Crippen molar-refractivity contribution in [3.05, 3.63) is 58.3 Å². The molecular formula is C21H21ClFN5O3. The van der Waals surface area contributed by atoms with Gasteiger partial charge in [-0.3, -0.25) is 9.59 Å². The van der Waals surface area contributed by atoms with Gasteiger partial charge in [-0.2, -0.15) is 5.10 Å². The fraction of sp³-hybridized carbons (Fsp3) is 0.333. The molecular weight excluding hydrogens is 425 g/mol. The molecule has 4 rings (SSSR count). The van der Waals surface area contributed by atoms with Crippen molar-refractivity contribution in [3.8, 4) is 5.69 Å². The minimum absolute atomic E-state index is 0.140. The number of carbonyl (C=O) groups is 2. The van der Waals surface area contributed by atoms with E-state index in [0.29, 0.717) is 54.5 Å². The molecule has 1 aromatic carbocycles. The van der Waals surface area contributed by atoms with E-state index in [0.717, 1.165) is 0 Å². The number of benzene rings is 1. The summed E-state index contributed by atoms with van der Waals surface area (Å²) in [6.07, 6.45) is 1.05. The van der Waals surface area contributed by atoms with Crippen LogP contribution in [0, 0.1) is 25.6 Å². The van der Waals surface area contributed by atoms with Crippen LogP contribution in [0.4, 0.5) is 10.2 Å². The van der Waals surface area contributed by atoms with E-state index in [1.54, 1.807) is 36.9 Å². The molecule has 1 aliphatic heterocycles. The second-order valence-electron chi connectivity index (χ2n) is 7.52. The summed E-state index contributed by atoms with van der Waals surface area (Å²) in [6, 6.07) is 7.35. The van der Waals surface area contributed by atoms with Crippen LogP contribution in [0.2, 0.25) is 5.15 Å². The molecule has 1 aliphatic rings. The van der Waals surface area contributed by atoms with Gasteiger partial charge in [0.05, 0.1) is 16.9 Å². The number of anilines is 1. The monoisotopic (exact) mass is 445 g/mol. The van der Waals surface area contributed by atoms with Gasteiger partial charge in [-0.15, -0.1) is 0 Å². The van der Waals surface area contributed by atoms with E-state index in [9.17, 15) is 14.0 Å². The highest BCUT2D eigenvalue weighted by atomic mass is 35.5. The van der Waals surface area contributed by atoms with Gasteiger partial charge in [0.15, 0.2) is 5.82 Å². The van der Waals surface area contributed by atoms with Crippen LogP contribution in [0.3, 0.4) is 0 Å². The summed E-state index contributed by atoms with van der Waals surface area (Å²) < 4.78 is 19.6. The zero-order valence-electron chi connectivity index (χ0n) is 17.1. The van der Waals surface area contributed by atoms with Crippen LogP contribution < -0.4 is 5.32 Å². The summed E-state index contributed by atoms with van der Waals surface area (Å²) in [4.78, 5) is 27.2. The maximum atomic E-state index is 13.2. The molecule has 0 bridgehead atoms. The molecule has 31 heavy (non-hydrogen) atoms. The predicted molar refractivity (Wildman–Crippen MR) is 112 cm³/mol. The van der Waals surface area contributed by atoms with E-state index < -0.39 is 0 Å². The smallest absolute Gasteiger partial charge is 0.258 e. The van der Waals surface area contributed by atoms with Gasteiger partial charge in [-0.25, -0.2) is 9.07 Å². The molecule has 3 aromatic rings. The molecule has 8 nitrogen and oxygen atoms in total. The Morgan fingerprint density at radius 2 is 1.87 bits per heavy atom. The van der Waals surface area contributed by atoms with E-state index in [2.05, 4.69) is 15.6 Å². The second-order valence-corrected chi connectivity index (χ2v) is 7.88. The lowest BCUT2D eigenvalue weighted by Crippen LogP contribution is -2.41. The van der Waals surface area contributed by atoms with Crippen LogP contribution in [-0.4, -0.2) is 44.7 Å². The van der Waals surface area contributed by atoms with Crippen molar-refractivity contribution in [3.63, 3.8) is 0 Å². The molecule has 10 heteroatoms. The Balaban J connectivity index is 1.43. The number of piperidine rings is 1. The molecule has 1 N–H and O–H groups in total. The molecule has 0 atom stereocenters. The normalized spacial score (nSPS) is 14.6. The molecule has 3 heterocycles. The third-order valence-electron chi connectivity index (χ3n) is 5.32. The Kier molecular flexibility index (Phi) is 5.77. The van der Waals surface area contributed by atoms with E-state index in [1.807, 2.05) is 0 Å². The van der Waals surface area contributed by atoms with E-state index in [1.165, 1.54) is 16.8 Å². The van der Waals surface area contributed by atoms with Gasteiger partial charge >= 0.3 is 0 Å². The van der Waals surface area contributed by atoms with Gasteiger partial charge in [-0.1, -0.05) is 16.8 Å². The van der Waals surface area contributed by atoms with Crippen molar-refractivity contribution in [2.24, 2.45) is 5.92 Å². The number of nitrogens with one attached hydrogen (secondary N) is 1. The largest absolute Gasteiger partial charge is 0.360 e. The van der Waals surface area contributed by atoms with Crippen molar-refractivity contribution in [2.45, 2.75) is 26.7 Å². The first kappa shape index (κ1) is 21.0. The average molecular weight is 446 g/mol. The maximum absolute atomic E-state index is 13.2. The van der Waals surface area contributed by atoms with Crippen LogP contribution in [0.25, 0.3) is 5.69 Å². The summed E-state index contributed by atoms with van der Waals surface area (Å²) in [5.41, 5.74) is 1.36. The lowest BCUT2D eigenvalue weighted by Gasteiger charge is -2.31. The number of aryl methyl sites for hydroxylation is 2. The fourth-order valence-corrected chi connectivity index (χ4v) is 4.00. The van der Waals surface area contributed by atoms with Gasteiger partial charge in [0.25, 0.3) is 5.91 Å². The van der Waals surface area contributed by atoms with Gasteiger partial charge in [-0.05, 0) is 51.0 Å². The second kappa shape index (κ2) is 8.50. The number of halogens is 2. The van der Waals surface area contributed by atoms with E-state index in [-0.39, 0.29) is 28.7 Å². The summed E-state index contributed by atoms with van der Waals surface area (Å²) >= 11 is 6.47. The third-order valence-corrected chi connectivity index (χ3v) is 5.67. The first-order valence-electron chi connectivity index (χ1n) is 9.88. The van der Waals surface area contributed by atoms with Crippen molar-refractivity contribution in [2.75, 3.05) is 18.4 Å². The number of amides is 2. The highest BCUT2D eigenvalue weighted by Gasteiger charge is 2.31. The van der Waals surface area contributed by atoms with Crippen LogP contribution in [0.15, 0.2) is 34.9 Å². The topological polar surface area (TPSA) is 93.3 Å². The number of aromatic nitrogens is 3.